The SMILES string of the molecule is COc1ccc(F)cc1-c1ccc(C(=O)O)c(=O)[nH]1. The summed E-state index contributed by atoms with van der Waals surface area (Å²) in [6.07, 6.45) is 0. The predicted octanol–water partition coefficient (Wildman–Crippen LogP) is 1.89. The summed E-state index contributed by atoms with van der Waals surface area (Å²) >= 11 is 0. The van der Waals surface area contributed by atoms with Crippen molar-refractivity contribution in [2.45, 2.75) is 0 Å². The summed E-state index contributed by atoms with van der Waals surface area (Å²) in [4.78, 5) is 24.7. The molecule has 1 aromatic carbocycles. The summed E-state index contributed by atoms with van der Waals surface area (Å²) in [6, 6.07) is 6.41. The fourth-order valence-electron chi connectivity index (χ4n) is 1.69. The maximum atomic E-state index is 13.2. The predicted molar refractivity (Wildman–Crippen MR) is 66.0 cm³/mol. The second-order valence-electron chi connectivity index (χ2n) is 3.76. The third kappa shape index (κ3) is 2.47. The second-order valence-corrected chi connectivity index (χ2v) is 3.76. The Morgan fingerprint density at radius 2 is 2.05 bits per heavy atom. The molecule has 0 aliphatic carbocycles. The number of halogens is 1. The molecule has 0 spiro atoms. The lowest BCUT2D eigenvalue weighted by Gasteiger charge is -2.08. The number of nitrogens with one attached hydrogen (secondary N) is 1. The van der Waals surface area contributed by atoms with E-state index < -0.39 is 17.3 Å². The number of H-pyrrole nitrogens is 1. The molecule has 19 heavy (non-hydrogen) atoms. The minimum absolute atomic E-state index is 0.284. The van der Waals surface area contributed by atoms with Gasteiger partial charge in [-0.25, -0.2) is 9.18 Å². The van der Waals surface area contributed by atoms with Gasteiger partial charge in [0.05, 0.1) is 12.8 Å². The smallest absolute Gasteiger partial charge is 0.341 e. The number of hydrogen-bond donors (Lipinski definition) is 2. The third-order valence-corrected chi connectivity index (χ3v) is 2.59. The summed E-state index contributed by atoms with van der Waals surface area (Å²) in [5, 5.41) is 8.77. The van der Waals surface area contributed by atoms with E-state index in [9.17, 15) is 14.0 Å². The maximum absolute atomic E-state index is 13.2. The average Bonchev–Trinajstić information content (AvgIpc) is 2.38. The van der Waals surface area contributed by atoms with Gasteiger partial charge in [-0.1, -0.05) is 0 Å². The van der Waals surface area contributed by atoms with E-state index in [1.807, 2.05) is 0 Å². The lowest BCUT2D eigenvalue weighted by Crippen LogP contribution is -2.17. The van der Waals surface area contributed by atoms with Crippen LogP contribution in [0.2, 0.25) is 0 Å². The van der Waals surface area contributed by atoms with E-state index in [2.05, 4.69) is 4.98 Å². The van der Waals surface area contributed by atoms with Gasteiger partial charge in [0.25, 0.3) is 5.56 Å². The van der Waals surface area contributed by atoms with Crippen molar-refractivity contribution >= 4 is 5.97 Å². The largest absolute Gasteiger partial charge is 0.496 e. The number of rotatable bonds is 3. The number of methoxy groups -OCH3 is 1. The van der Waals surface area contributed by atoms with Crippen molar-refractivity contribution in [2.75, 3.05) is 7.11 Å². The van der Waals surface area contributed by atoms with Crippen molar-refractivity contribution in [3.05, 3.63) is 52.1 Å². The van der Waals surface area contributed by atoms with Crippen LogP contribution < -0.4 is 10.3 Å². The molecule has 0 bridgehead atoms. The Labute approximate surface area is 107 Å². The second kappa shape index (κ2) is 4.93. The number of hydrogen-bond acceptors (Lipinski definition) is 3. The van der Waals surface area contributed by atoms with Crippen molar-refractivity contribution in [3.63, 3.8) is 0 Å². The molecule has 0 aliphatic heterocycles. The number of ether oxygens (including phenoxy) is 1. The molecular weight excluding hydrogens is 253 g/mol. The summed E-state index contributed by atoms with van der Waals surface area (Å²) in [5.74, 6) is -1.43. The molecule has 0 saturated carbocycles. The standard InChI is InChI=1S/C13H10FNO4/c1-19-11-5-2-7(14)6-9(11)10-4-3-8(13(17)18)12(16)15-10/h2-6H,1H3,(H,15,16)(H,17,18). The number of carboxylic acids is 1. The van der Waals surface area contributed by atoms with Crippen molar-refractivity contribution in [2.24, 2.45) is 0 Å². The molecule has 98 valence electrons. The first-order chi connectivity index (χ1) is 9.02. The Balaban J connectivity index is 2.60. The molecule has 0 aliphatic rings. The molecule has 0 saturated heterocycles. The summed E-state index contributed by atoms with van der Waals surface area (Å²) in [7, 11) is 1.42. The van der Waals surface area contributed by atoms with E-state index in [1.165, 1.54) is 37.4 Å². The molecule has 5 nitrogen and oxygen atoms in total. The number of aromatic nitrogens is 1. The van der Waals surface area contributed by atoms with E-state index >= 15 is 0 Å². The Bertz CT molecular complexity index is 693. The van der Waals surface area contributed by atoms with Gasteiger partial charge < -0.3 is 14.8 Å². The van der Waals surface area contributed by atoms with Gasteiger partial charge in [-0.15, -0.1) is 0 Å². The van der Waals surface area contributed by atoms with Crippen LogP contribution in [0.5, 0.6) is 5.75 Å². The Morgan fingerprint density at radius 3 is 2.63 bits per heavy atom. The van der Waals surface area contributed by atoms with Gasteiger partial charge in [-0.2, -0.15) is 0 Å². The molecule has 2 N–H and O–H groups in total. The summed E-state index contributed by atoms with van der Waals surface area (Å²) in [5.41, 5.74) is -0.502. The van der Waals surface area contributed by atoms with Crippen LogP contribution in [-0.4, -0.2) is 23.2 Å². The van der Waals surface area contributed by atoms with Crippen LogP contribution in [0.25, 0.3) is 11.3 Å². The summed E-state index contributed by atoms with van der Waals surface area (Å²) in [6.45, 7) is 0. The average molecular weight is 263 g/mol. The van der Waals surface area contributed by atoms with E-state index in [4.69, 9.17) is 9.84 Å². The topological polar surface area (TPSA) is 79.4 Å². The van der Waals surface area contributed by atoms with Crippen LogP contribution in [0, 0.1) is 5.82 Å². The summed E-state index contributed by atoms with van der Waals surface area (Å²) < 4.78 is 18.3. The minimum Gasteiger partial charge on any atom is -0.496 e. The van der Waals surface area contributed by atoms with Gasteiger partial charge in [-0.05, 0) is 30.3 Å². The van der Waals surface area contributed by atoms with E-state index in [-0.39, 0.29) is 11.3 Å². The number of pyridine rings is 1. The Kier molecular flexibility index (Phi) is 3.33. The zero-order chi connectivity index (χ0) is 14.0. The number of aromatic carboxylic acids is 1. The van der Waals surface area contributed by atoms with E-state index in [0.717, 1.165) is 0 Å². The van der Waals surface area contributed by atoms with Crippen LogP contribution in [-0.2, 0) is 0 Å². The van der Waals surface area contributed by atoms with Crippen LogP contribution in [0.4, 0.5) is 4.39 Å². The van der Waals surface area contributed by atoms with E-state index in [1.54, 1.807) is 0 Å². The third-order valence-electron chi connectivity index (χ3n) is 2.59. The van der Waals surface area contributed by atoms with Crippen LogP contribution in [0.15, 0.2) is 35.1 Å². The van der Waals surface area contributed by atoms with Crippen LogP contribution >= 0.6 is 0 Å². The highest BCUT2D eigenvalue weighted by Crippen LogP contribution is 2.28. The minimum atomic E-state index is -1.32. The van der Waals surface area contributed by atoms with Gasteiger partial charge in [0.2, 0.25) is 0 Å². The molecule has 0 unspecified atom stereocenters. The van der Waals surface area contributed by atoms with Gasteiger partial charge in [-0.3, -0.25) is 4.79 Å². The normalized spacial score (nSPS) is 10.2. The molecule has 0 radical (unpaired) electrons. The van der Waals surface area contributed by atoms with Crippen LogP contribution in [0.3, 0.4) is 0 Å². The number of carbonyl (C=O) groups is 1. The molecule has 2 aromatic rings. The number of aromatic amines is 1. The fraction of sp³-hybridized carbons (Fsp3) is 0.0769. The van der Waals surface area contributed by atoms with Crippen LogP contribution in [0.1, 0.15) is 10.4 Å². The Morgan fingerprint density at radius 1 is 1.32 bits per heavy atom. The van der Waals surface area contributed by atoms with Gasteiger partial charge in [0.1, 0.15) is 17.1 Å². The zero-order valence-electron chi connectivity index (χ0n) is 9.94. The van der Waals surface area contributed by atoms with Crippen molar-refractivity contribution < 1.29 is 19.0 Å². The highest BCUT2D eigenvalue weighted by Gasteiger charge is 2.12. The van der Waals surface area contributed by atoms with E-state index in [0.29, 0.717) is 11.3 Å². The molecule has 1 aromatic heterocycles. The molecule has 6 heteroatoms. The lowest BCUT2D eigenvalue weighted by molar-refractivity contribution is 0.0695. The molecule has 1 heterocycles. The fourth-order valence-corrected chi connectivity index (χ4v) is 1.69. The Hall–Kier alpha value is -2.63. The van der Waals surface area contributed by atoms with Gasteiger partial charge >= 0.3 is 5.97 Å². The molecule has 0 amide bonds. The number of benzene rings is 1. The quantitative estimate of drug-likeness (QED) is 0.886. The molecule has 0 atom stereocenters. The number of carboxylic acid groups (broad SMARTS) is 1. The highest BCUT2D eigenvalue weighted by molar-refractivity contribution is 5.87. The highest BCUT2D eigenvalue weighted by atomic mass is 19.1. The maximum Gasteiger partial charge on any atom is 0.341 e. The molecule has 0 fully saturated rings. The molecular formula is C13H10FNO4. The molecule has 2 rings (SSSR count). The van der Waals surface area contributed by atoms with Crippen molar-refractivity contribution in [3.8, 4) is 17.0 Å². The lowest BCUT2D eigenvalue weighted by atomic mass is 10.1. The van der Waals surface area contributed by atoms with Crippen molar-refractivity contribution in [1.82, 2.24) is 4.98 Å². The van der Waals surface area contributed by atoms with Crippen molar-refractivity contribution in [1.29, 1.82) is 0 Å². The zero-order valence-corrected chi connectivity index (χ0v) is 9.94. The first-order valence-corrected chi connectivity index (χ1v) is 5.33. The first-order valence-electron chi connectivity index (χ1n) is 5.33. The van der Waals surface area contributed by atoms with Gasteiger partial charge in [0.15, 0.2) is 0 Å². The monoisotopic (exact) mass is 263 g/mol. The van der Waals surface area contributed by atoms with Gasteiger partial charge in [0, 0.05) is 5.56 Å². The first kappa shape index (κ1) is 12.8.